The molecule has 5 heterocycles. The number of piperazine rings is 1. The number of hydrogen-bond donors (Lipinski definition) is 1. The number of thiophene rings is 1. The number of likely N-dealkylation sites (tertiary alicyclic amines) is 1. The Bertz CT molecular complexity index is 1590. The molecule has 3 fully saturated rings. The number of nitrogens with one attached hydrogen (secondary N) is 1. The Hall–Kier alpha value is -2.51. The van der Waals surface area contributed by atoms with E-state index >= 15 is 0 Å². The largest absolute Gasteiger partial charge is 0.393 e. The summed E-state index contributed by atoms with van der Waals surface area (Å²) in [6.45, 7) is 10.6. The second kappa shape index (κ2) is 13.8. The summed E-state index contributed by atoms with van der Waals surface area (Å²) in [5.74, 6) is 1.94. The molecule has 4 aliphatic rings. The number of halogens is 3. The molecule has 3 aliphatic heterocycles. The van der Waals surface area contributed by atoms with E-state index in [2.05, 4.69) is 56.0 Å². The van der Waals surface area contributed by atoms with Gasteiger partial charge < -0.3 is 15.1 Å². The average Bonchev–Trinajstić information content (AvgIpc) is 3.59. The van der Waals surface area contributed by atoms with E-state index in [0.29, 0.717) is 66.0 Å². The van der Waals surface area contributed by atoms with Gasteiger partial charge in [-0.3, -0.25) is 4.90 Å². The minimum atomic E-state index is -4.25. The number of hydrogen-bond acceptors (Lipinski definition) is 10. The zero-order valence-corrected chi connectivity index (χ0v) is 28.9. The van der Waals surface area contributed by atoms with Crippen LogP contribution in [0.5, 0.6) is 0 Å². The third-order valence-electron chi connectivity index (χ3n) is 10.8. The number of aromatic nitrogens is 2. The lowest BCUT2D eigenvalue weighted by atomic mass is 9.70. The molecule has 1 saturated carbocycles. The van der Waals surface area contributed by atoms with Gasteiger partial charge in [-0.1, -0.05) is 6.92 Å². The van der Waals surface area contributed by atoms with Crippen LogP contribution in [0.3, 0.4) is 0 Å². The number of allylic oxidation sites excluding steroid dienone is 1. The number of anilines is 1. The van der Waals surface area contributed by atoms with Gasteiger partial charge >= 0.3 is 6.18 Å². The maximum Gasteiger partial charge on any atom is 0.393 e. The molecule has 2 aromatic rings. The van der Waals surface area contributed by atoms with Crippen molar-refractivity contribution >= 4 is 37.4 Å². The van der Waals surface area contributed by atoms with Crippen molar-refractivity contribution in [2.45, 2.75) is 70.3 Å². The SMILES string of the molecule is CC1C(CN2CCC(Nc3ncnc4sc(CC(F)(F)F)cc34)CC2)CCC2C1C=C(C#N)N2CC(C)N1CCN(S(C)(=O)=O)CC1. The van der Waals surface area contributed by atoms with E-state index in [1.807, 2.05) is 0 Å². The van der Waals surface area contributed by atoms with Crippen LogP contribution in [-0.4, -0.2) is 120 Å². The van der Waals surface area contributed by atoms with Crippen LogP contribution in [0.4, 0.5) is 19.0 Å². The second-order valence-corrected chi connectivity index (χ2v) is 17.0. The molecule has 2 saturated heterocycles. The molecule has 15 heteroatoms. The molecule has 2 aromatic heterocycles. The van der Waals surface area contributed by atoms with Gasteiger partial charge in [0.05, 0.1) is 18.1 Å². The number of nitriles is 1. The van der Waals surface area contributed by atoms with E-state index < -0.39 is 22.6 Å². The highest BCUT2D eigenvalue weighted by atomic mass is 32.2. The normalized spacial score (nSPS) is 27.9. The van der Waals surface area contributed by atoms with Gasteiger partial charge in [0.2, 0.25) is 10.0 Å². The molecule has 5 unspecified atom stereocenters. The summed E-state index contributed by atoms with van der Waals surface area (Å²) in [4.78, 5) is 16.6. The first-order valence-corrected chi connectivity index (χ1v) is 19.3. The van der Waals surface area contributed by atoms with Crippen LogP contribution in [0, 0.1) is 29.1 Å². The predicted molar refractivity (Wildman–Crippen MR) is 177 cm³/mol. The Balaban J connectivity index is 0.999. The molecule has 47 heavy (non-hydrogen) atoms. The molecule has 10 nitrogen and oxygen atoms in total. The summed E-state index contributed by atoms with van der Waals surface area (Å²) in [5.41, 5.74) is 0.774. The molecule has 0 radical (unpaired) electrons. The number of fused-ring (bicyclic) bond motifs is 2. The Morgan fingerprint density at radius 1 is 1.11 bits per heavy atom. The predicted octanol–water partition coefficient (Wildman–Crippen LogP) is 4.39. The first-order chi connectivity index (χ1) is 22.3. The first-order valence-electron chi connectivity index (χ1n) is 16.7. The zero-order chi connectivity index (χ0) is 33.5. The molecular weight excluding hydrogens is 650 g/mol. The fourth-order valence-corrected chi connectivity index (χ4v) is 10.00. The highest BCUT2D eigenvalue weighted by Gasteiger charge is 2.44. The molecule has 0 bridgehead atoms. The lowest BCUT2D eigenvalue weighted by Gasteiger charge is -2.45. The van der Waals surface area contributed by atoms with Crippen molar-refractivity contribution in [2.24, 2.45) is 17.8 Å². The molecule has 0 spiro atoms. The number of piperidine rings is 1. The number of nitrogens with zero attached hydrogens (tertiary/aromatic N) is 7. The molecule has 258 valence electrons. The summed E-state index contributed by atoms with van der Waals surface area (Å²) in [6.07, 6.45) is 3.72. The molecule has 0 amide bonds. The van der Waals surface area contributed by atoms with E-state index in [1.54, 1.807) is 10.4 Å². The van der Waals surface area contributed by atoms with E-state index in [9.17, 15) is 26.9 Å². The smallest absolute Gasteiger partial charge is 0.367 e. The fourth-order valence-electron chi connectivity index (χ4n) is 8.15. The summed E-state index contributed by atoms with van der Waals surface area (Å²) in [5, 5.41) is 14.2. The van der Waals surface area contributed by atoms with Crippen LogP contribution in [0.2, 0.25) is 0 Å². The van der Waals surface area contributed by atoms with Crippen LogP contribution < -0.4 is 5.32 Å². The molecule has 1 aliphatic carbocycles. The Morgan fingerprint density at radius 3 is 2.49 bits per heavy atom. The van der Waals surface area contributed by atoms with Crippen molar-refractivity contribution in [3.05, 3.63) is 29.0 Å². The maximum absolute atomic E-state index is 12.9. The van der Waals surface area contributed by atoms with Gasteiger partial charge in [-0.15, -0.1) is 11.3 Å². The van der Waals surface area contributed by atoms with Crippen molar-refractivity contribution in [1.82, 2.24) is 29.0 Å². The monoisotopic (exact) mass is 694 g/mol. The van der Waals surface area contributed by atoms with Crippen molar-refractivity contribution < 1.29 is 21.6 Å². The van der Waals surface area contributed by atoms with Crippen LogP contribution in [0.1, 0.15) is 44.4 Å². The van der Waals surface area contributed by atoms with Crippen molar-refractivity contribution in [2.75, 3.05) is 63.9 Å². The highest BCUT2D eigenvalue weighted by molar-refractivity contribution is 7.88. The highest BCUT2D eigenvalue weighted by Crippen LogP contribution is 2.44. The standard InChI is InChI=1S/C32H45F3N8O2S2/c1-21(41-10-12-42(13-11-41)47(3,44)45)18-43-25(17-36)14-27-22(2)23(4-5-29(27)43)19-40-8-6-24(7-9-40)39-30-28-15-26(16-32(33,34)35)46-31(28)38-20-37-30/h14-15,20-24,27,29H,4-13,16,18-19H2,1-3H3,(H,37,38,39). The van der Waals surface area contributed by atoms with Gasteiger partial charge in [0.1, 0.15) is 28.7 Å². The van der Waals surface area contributed by atoms with E-state index in [0.717, 1.165) is 68.9 Å². The minimum Gasteiger partial charge on any atom is -0.367 e. The Kier molecular flexibility index (Phi) is 10.1. The number of alkyl halides is 3. The van der Waals surface area contributed by atoms with E-state index in [1.165, 1.54) is 12.6 Å². The quantitative estimate of drug-likeness (QED) is 0.409. The van der Waals surface area contributed by atoms with Gasteiger partial charge in [0.15, 0.2) is 0 Å². The van der Waals surface area contributed by atoms with Crippen molar-refractivity contribution in [1.29, 1.82) is 5.26 Å². The van der Waals surface area contributed by atoms with Crippen LogP contribution in [0.15, 0.2) is 24.2 Å². The maximum atomic E-state index is 12.9. The van der Waals surface area contributed by atoms with Crippen LogP contribution in [0.25, 0.3) is 10.2 Å². The zero-order valence-electron chi connectivity index (χ0n) is 27.3. The van der Waals surface area contributed by atoms with Crippen LogP contribution >= 0.6 is 11.3 Å². The molecule has 5 atom stereocenters. The Labute approximate surface area is 279 Å². The third kappa shape index (κ3) is 7.88. The topological polar surface area (TPSA) is 109 Å². The van der Waals surface area contributed by atoms with Crippen molar-refractivity contribution in [3.63, 3.8) is 0 Å². The number of sulfonamides is 1. The van der Waals surface area contributed by atoms with Crippen molar-refractivity contribution in [3.8, 4) is 6.07 Å². The second-order valence-electron chi connectivity index (χ2n) is 13.9. The Morgan fingerprint density at radius 2 is 1.83 bits per heavy atom. The van der Waals surface area contributed by atoms with E-state index in [4.69, 9.17) is 0 Å². The van der Waals surface area contributed by atoms with Gasteiger partial charge in [0, 0.05) is 81.3 Å². The summed E-state index contributed by atoms with van der Waals surface area (Å²) in [7, 11) is -3.17. The lowest BCUT2D eigenvalue weighted by molar-refractivity contribution is -0.126. The van der Waals surface area contributed by atoms with Gasteiger partial charge in [0.25, 0.3) is 0 Å². The fraction of sp³-hybridized carbons (Fsp3) is 0.719. The average molecular weight is 695 g/mol. The van der Waals surface area contributed by atoms with Crippen LogP contribution in [-0.2, 0) is 16.4 Å². The number of rotatable bonds is 9. The molecular formula is C32H45F3N8O2S2. The molecule has 0 aromatic carbocycles. The summed E-state index contributed by atoms with van der Waals surface area (Å²) >= 11 is 1.07. The lowest BCUT2D eigenvalue weighted by Crippen LogP contribution is -2.54. The minimum absolute atomic E-state index is 0.198. The molecule has 1 N–H and O–H groups in total. The van der Waals surface area contributed by atoms with E-state index in [-0.39, 0.29) is 17.0 Å². The van der Waals surface area contributed by atoms with Gasteiger partial charge in [-0.25, -0.2) is 18.4 Å². The van der Waals surface area contributed by atoms with Gasteiger partial charge in [-0.2, -0.15) is 22.7 Å². The summed E-state index contributed by atoms with van der Waals surface area (Å²) < 4.78 is 64.3. The van der Waals surface area contributed by atoms with Gasteiger partial charge in [-0.05, 0) is 56.6 Å². The molecule has 6 rings (SSSR count). The summed E-state index contributed by atoms with van der Waals surface area (Å²) in [6, 6.07) is 4.79. The third-order valence-corrected chi connectivity index (χ3v) is 13.2. The first kappa shape index (κ1) is 34.4.